The van der Waals surface area contributed by atoms with Gasteiger partial charge in [-0.2, -0.15) is 30.7 Å². The molecule has 0 fully saturated rings. The van der Waals surface area contributed by atoms with Gasteiger partial charge in [-0.3, -0.25) is 0 Å². The molecular weight excluding hydrogens is 1110 g/mol. The molecule has 0 bridgehead atoms. The Kier molecular flexibility index (Phi) is 16.9. The van der Waals surface area contributed by atoms with Crippen molar-refractivity contribution in [3.05, 3.63) is 137 Å². The summed E-state index contributed by atoms with van der Waals surface area (Å²) in [4.78, 5) is 25.5. The van der Waals surface area contributed by atoms with E-state index in [9.17, 15) is 44.6 Å². The topological polar surface area (TPSA) is 270 Å². The zero-order valence-electron chi connectivity index (χ0n) is 39.0. The van der Waals surface area contributed by atoms with Gasteiger partial charge in [0.25, 0.3) is 23.6 Å². The summed E-state index contributed by atoms with van der Waals surface area (Å²) >= 11 is 3.47. The van der Waals surface area contributed by atoms with Crippen LogP contribution in [0.5, 0.6) is 0 Å². The molecule has 0 atom stereocenters. The van der Waals surface area contributed by atoms with E-state index < -0.39 is 54.8 Å². The molecule has 0 radical (unpaired) electrons. The lowest BCUT2D eigenvalue weighted by molar-refractivity contribution is -0.137. The molecule has 0 spiro atoms. The molecule has 0 saturated heterocycles. The predicted octanol–water partition coefficient (Wildman–Crippen LogP) is 8.50. The average molecular weight is 1140 g/mol. The van der Waals surface area contributed by atoms with Gasteiger partial charge < -0.3 is 48.9 Å². The van der Waals surface area contributed by atoms with Crippen LogP contribution >= 0.6 is 15.9 Å². The maximum absolute atomic E-state index is 13.7. The largest absolute Gasteiger partial charge is 0.489 e. The molecule has 6 heterocycles. The van der Waals surface area contributed by atoms with Gasteiger partial charge in [0.15, 0.2) is 0 Å². The molecule has 0 aliphatic heterocycles. The van der Waals surface area contributed by atoms with Crippen molar-refractivity contribution in [2.24, 2.45) is 0 Å². The van der Waals surface area contributed by atoms with Crippen molar-refractivity contribution in [3.63, 3.8) is 0 Å². The maximum Gasteiger partial charge on any atom is 0.489 e. The third-order valence-electron chi connectivity index (χ3n) is 10.7. The Labute approximate surface area is 434 Å². The van der Waals surface area contributed by atoms with Gasteiger partial charge >= 0.3 is 26.1 Å². The molecule has 398 valence electrons. The third-order valence-corrected chi connectivity index (χ3v) is 11.3. The van der Waals surface area contributed by atoms with E-state index in [2.05, 4.69) is 76.9 Å². The first kappa shape index (κ1) is 54.9. The molecule has 0 aliphatic rings. The lowest BCUT2D eigenvalue weighted by Gasteiger charge is -2.12. The van der Waals surface area contributed by atoms with E-state index >= 15 is 0 Å². The van der Waals surface area contributed by atoms with Gasteiger partial charge in [-0.15, -0.1) is 20.4 Å². The van der Waals surface area contributed by atoms with Crippen molar-refractivity contribution in [1.82, 2.24) is 59.4 Å². The highest BCUT2D eigenvalue weighted by atomic mass is 79.9. The highest BCUT2D eigenvalue weighted by Crippen LogP contribution is 2.35. The van der Waals surface area contributed by atoms with E-state index in [1.165, 1.54) is 36.9 Å². The van der Waals surface area contributed by atoms with Gasteiger partial charge in [0.1, 0.15) is 17.2 Å². The van der Waals surface area contributed by atoms with E-state index in [0.29, 0.717) is 41.6 Å². The third kappa shape index (κ3) is 13.0. The first-order valence-electron chi connectivity index (χ1n) is 22.1. The van der Waals surface area contributed by atoms with Crippen LogP contribution in [-0.4, -0.2) is 100 Å². The van der Waals surface area contributed by atoms with Gasteiger partial charge in [-0.25, -0.2) is 38.7 Å². The number of hydrogen-bond donors (Lipinski definition) is 6. The molecule has 10 aromatic rings. The summed E-state index contributed by atoms with van der Waals surface area (Å²) in [6, 6.07) is 13.5. The van der Waals surface area contributed by atoms with Crippen LogP contribution in [0.3, 0.4) is 0 Å². The highest BCUT2D eigenvalue weighted by molar-refractivity contribution is 9.10. The minimum atomic E-state index is -4.80. The Bertz CT molecular complexity index is 3640. The zero-order valence-corrected chi connectivity index (χ0v) is 40.6. The Hall–Kier alpha value is -8.39. The minimum absolute atomic E-state index is 0.00570. The minimum Gasteiger partial charge on any atom is -0.423 e. The number of aliphatic hydroxyl groups excluding tert-OH is 2. The standard InChI is InChI=1S/C23H18F3N7O2.C16H12BrF2N7O2.C7H5BF4O2/c1-12-6-14(24)2-3-16(12)17-7-15(8-18-19(17)29-11-33(18)4-5-34)30-23-27-9-13(10-28-23)21-31-32-22(35-21)20(25)26;17-10-3-9(4-11-12(10)22-7-26(11)1-2-27)23-16-20-5-8(6-21-16)14-24-25-15(28-14)13(18)19;9-4-1-2-6(8(13)14)5(3-4)7(10,11)12/h2-3,6-11,20,34H,4-5H2,1H3,(H,27,28,30);3-7,13,27H,1-2H2,(H,20,21,23);1-3,13-14H. The van der Waals surface area contributed by atoms with Gasteiger partial charge in [0.2, 0.25) is 11.9 Å². The molecule has 20 nitrogen and oxygen atoms in total. The fourth-order valence-corrected chi connectivity index (χ4v) is 7.83. The van der Waals surface area contributed by atoms with Crippen LogP contribution in [0.15, 0.2) is 111 Å². The number of benzene rings is 4. The zero-order chi connectivity index (χ0) is 55.1. The fraction of sp³-hybridized carbons (Fsp3) is 0.174. The van der Waals surface area contributed by atoms with E-state index in [4.69, 9.17) is 24.0 Å². The molecule has 0 unspecified atom stereocenters. The molecule has 6 N–H and O–H groups in total. The maximum atomic E-state index is 13.7. The summed E-state index contributed by atoms with van der Waals surface area (Å²) in [5.74, 6) is -2.63. The van der Waals surface area contributed by atoms with E-state index in [-0.39, 0.29) is 54.3 Å². The first-order chi connectivity index (χ1) is 36.8. The van der Waals surface area contributed by atoms with Crippen molar-refractivity contribution in [2.45, 2.75) is 39.0 Å². The van der Waals surface area contributed by atoms with Crippen molar-refractivity contribution >= 4 is 73.8 Å². The van der Waals surface area contributed by atoms with Crippen molar-refractivity contribution < 1.29 is 68.6 Å². The van der Waals surface area contributed by atoms with Crippen LogP contribution < -0.4 is 16.1 Å². The number of imidazole rings is 2. The summed E-state index contributed by atoms with van der Waals surface area (Å²) in [6.45, 7) is 2.50. The number of hydrogen-bond acceptors (Lipinski definition) is 18. The molecule has 77 heavy (non-hydrogen) atoms. The van der Waals surface area contributed by atoms with Crippen molar-refractivity contribution in [1.29, 1.82) is 0 Å². The van der Waals surface area contributed by atoms with Gasteiger partial charge in [0.05, 0.1) is 59.1 Å². The second-order valence-electron chi connectivity index (χ2n) is 15.9. The second-order valence-corrected chi connectivity index (χ2v) is 16.8. The molecule has 4 aromatic carbocycles. The quantitative estimate of drug-likeness (QED) is 0.0440. The Morgan fingerprint density at radius 1 is 0.623 bits per heavy atom. The summed E-state index contributed by atoms with van der Waals surface area (Å²) in [6.07, 6.45) is -1.70. The van der Waals surface area contributed by atoms with Crippen LogP contribution in [0.2, 0.25) is 0 Å². The highest BCUT2D eigenvalue weighted by Gasteiger charge is 2.36. The molecule has 0 amide bonds. The molecular formula is C46H35BBrF9N14O6. The Morgan fingerprint density at radius 2 is 1.10 bits per heavy atom. The van der Waals surface area contributed by atoms with Crippen LogP contribution in [0.1, 0.15) is 35.8 Å². The van der Waals surface area contributed by atoms with E-state index in [1.807, 2.05) is 40.3 Å². The summed E-state index contributed by atoms with van der Waals surface area (Å²) in [7, 11) is -2.27. The lowest BCUT2D eigenvalue weighted by atomic mass is 9.77. The smallest absolute Gasteiger partial charge is 0.423 e. The normalized spacial score (nSPS) is 11.5. The number of alkyl halides is 7. The summed E-state index contributed by atoms with van der Waals surface area (Å²) in [5.41, 5.74) is 5.14. The number of rotatable bonds is 14. The SMILES string of the molecule is Cc1cc(F)ccc1-c1cc(Nc2ncc(-c3nnc(C(F)F)o3)cn2)cc2c1ncn2CCO.OB(O)c1ccc(F)cc1C(F)(F)F.OCCn1cnc2c(Br)cc(Nc3ncc(-c4nnc(C(F)F)o4)cn3)cc21. The van der Waals surface area contributed by atoms with Gasteiger partial charge in [-0.1, -0.05) is 12.1 Å². The Morgan fingerprint density at radius 3 is 1.57 bits per heavy atom. The van der Waals surface area contributed by atoms with E-state index in [1.54, 1.807) is 18.7 Å². The van der Waals surface area contributed by atoms with E-state index in [0.717, 1.165) is 43.8 Å². The number of halogens is 10. The molecule has 0 aliphatic carbocycles. The summed E-state index contributed by atoms with van der Waals surface area (Å²) in [5, 5.41) is 55.7. The van der Waals surface area contributed by atoms with Crippen LogP contribution in [-0.2, 0) is 19.3 Å². The Balaban J connectivity index is 0.000000166. The monoisotopic (exact) mass is 1140 g/mol. The van der Waals surface area contributed by atoms with Crippen LogP contribution in [0.25, 0.3) is 56.1 Å². The molecule has 10 rings (SSSR count). The van der Waals surface area contributed by atoms with Crippen molar-refractivity contribution in [2.75, 3.05) is 23.8 Å². The number of nitrogens with zero attached hydrogens (tertiary/aromatic N) is 12. The number of anilines is 4. The van der Waals surface area contributed by atoms with Gasteiger partial charge in [0, 0.05) is 59.3 Å². The first-order valence-corrected chi connectivity index (χ1v) is 22.9. The van der Waals surface area contributed by atoms with Crippen LogP contribution in [0, 0.1) is 18.6 Å². The molecule has 6 aromatic heterocycles. The van der Waals surface area contributed by atoms with Crippen molar-refractivity contribution in [3.8, 4) is 34.0 Å². The van der Waals surface area contributed by atoms with Gasteiger partial charge in [-0.05, 0) is 88.0 Å². The molecule has 31 heteroatoms. The lowest BCUT2D eigenvalue weighted by Crippen LogP contribution is -2.36. The second kappa shape index (κ2) is 23.7. The number of aromatic nitrogens is 12. The van der Waals surface area contributed by atoms with Crippen LogP contribution in [0.4, 0.5) is 62.8 Å². The fourth-order valence-electron chi connectivity index (χ4n) is 7.28. The number of fused-ring (bicyclic) bond motifs is 2. The number of aliphatic hydroxyl groups is 2. The molecule has 0 saturated carbocycles. The average Bonchev–Trinajstić information content (AvgIpc) is 4.26. The number of aryl methyl sites for hydroxylation is 1. The number of nitrogens with one attached hydrogen (secondary N) is 2. The summed E-state index contributed by atoms with van der Waals surface area (Å²) < 4.78 is 127. The predicted molar refractivity (Wildman–Crippen MR) is 260 cm³/mol.